The Kier molecular flexibility index (Phi) is 3.14. The van der Waals surface area contributed by atoms with Crippen LogP contribution in [0.5, 0.6) is 0 Å². The maximum absolute atomic E-state index is 8.20. The molecular weight excluding hydrogens is 76.1 g/mol. The van der Waals surface area contributed by atoms with Gasteiger partial charge in [-0.15, -0.1) is 0 Å². The first-order chi connectivity index (χ1) is 2.77. The molecule has 1 radical (unpaired) electrons. The minimum Gasteiger partial charge on any atom is -0.396 e. The molecule has 0 saturated carbocycles. The van der Waals surface area contributed by atoms with Crippen molar-refractivity contribution in [2.75, 3.05) is 6.61 Å². The first-order valence-corrected chi connectivity index (χ1v) is 2.21. The molecule has 0 spiro atoms. The molecule has 0 aromatic rings. The van der Waals surface area contributed by atoms with Crippen molar-refractivity contribution in [3.8, 4) is 0 Å². The second-order valence-electron chi connectivity index (χ2n) is 1.62. The number of hydrogen-bond acceptors (Lipinski definition) is 1. The molecule has 1 heteroatoms. The van der Waals surface area contributed by atoms with Gasteiger partial charge in [0.2, 0.25) is 0 Å². The molecule has 0 saturated heterocycles. The van der Waals surface area contributed by atoms with E-state index in [4.69, 9.17) is 5.11 Å². The Labute approximate surface area is 39.0 Å². The van der Waals surface area contributed by atoms with E-state index in [2.05, 4.69) is 6.92 Å². The van der Waals surface area contributed by atoms with Crippen LogP contribution in [0.4, 0.5) is 0 Å². The molecule has 0 aliphatic heterocycles. The SMILES string of the molecule is [CH2][C@H](C)CCO. The van der Waals surface area contributed by atoms with Gasteiger partial charge in [-0.1, -0.05) is 13.8 Å². The Bertz CT molecular complexity index is 25.1. The van der Waals surface area contributed by atoms with Crippen LogP contribution in [0.1, 0.15) is 13.3 Å². The average Bonchev–Trinajstić information content (AvgIpc) is 1.35. The lowest BCUT2D eigenvalue weighted by Gasteiger charge is -1.95. The predicted octanol–water partition coefficient (Wildman–Crippen LogP) is 0.839. The van der Waals surface area contributed by atoms with E-state index in [1.54, 1.807) is 0 Å². The second kappa shape index (κ2) is 3.16. The molecule has 0 amide bonds. The zero-order valence-corrected chi connectivity index (χ0v) is 4.15. The van der Waals surface area contributed by atoms with Crippen LogP contribution in [0.25, 0.3) is 0 Å². The molecule has 0 bridgehead atoms. The summed E-state index contributed by atoms with van der Waals surface area (Å²) in [6, 6.07) is 0. The van der Waals surface area contributed by atoms with E-state index in [9.17, 15) is 0 Å². The van der Waals surface area contributed by atoms with Crippen LogP contribution in [0.2, 0.25) is 0 Å². The van der Waals surface area contributed by atoms with Crippen LogP contribution in [-0.4, -0.2) is 11.7 Å². The van der Waals surface area contributed by atoms with Crippen molar-refractivity contribution in [2.45, 2.75) is 13.3 Å². The van der Waals surface area contributed by atoms with Crippen LogP contribution in [0, 0.1) is 12.8 Å². The fourth-order valence-corrected chi connectivity index (χ4v) is 0.220. The van der Waals surface area contributed by atoms with Gasteiger partial charge in [0.15, 0.2) is 0 Å². The molecule has 0 fully saturated rings. The number of aliphatic hydroxyl groups is 1. The van der Waals surface area contributed by atoms with E-state index < -0.39 is 0 Å². The molecule has 37 valence electrons. The summed E-state index contributed by atoms with van der Waals surface area (Å²) < 4.78 is 0. The Hall–Kier alpha value is -0.0400. The maximum Gasteiger partial charge on any atom is 0.0433 e. The summed E-state index contributed by atoms with van der Waals surface area (Å²) in [5.41, 5.74) is 0. The third kappa shape index (κ3) is 3.96. The smallest absolute Gasteiger partial charge is 0.0433 e. The highest BCUT2D eigenvalue weighted by Gasteiger charge is 1.86. The van der Waals surface area contributed by atoms with Gasteiger partial charge in [0.25, 0.3) is 0 Å². The van der Waals surface area contributed by atoms with Crippen molar-refractivity contribution in [2.24, 2.45) is 5.92 Å². The van der Waals surface area contributed by atoms with Gasteiger partial charge in [0.05, 0.1) is 0 Å². The fraction of sp³-hybridized carbons (Fsp3) is 0.800. The van der Waals surface area contributed by atoms with Crippen LogP contribution in [0.3, 0.4) is 0 Å². The van der Waals surface area contributed by atoms with Gasteiger partial charge in [0.1, 0.15) is 0 Å². The van der Waals surface area contributed by atoms with E-state index in [1.165, 1.54) is 0 Å². The summed E-state index contributed by atoms with van der Waals surface area (Å²) in [5.74, 6) is 0.398. The van der Waals surface area contributed by atoms with E-state index in [0.29, 0.717) is 5.92 Å². The summed E-state index contributed by atoms with van der Waals surface area (Å²) in [7, 11) is 0. The van der Waals surface area contributed by atoms with E-state index in [1.807, 2.05) is 6.92 Å². The highest BCUT2D eigenvalue weighted by Crippen LogP contribution is 1.94. The molecule has 0 aromatic heterocycles. The largest absolute Gasteiger partial charge is 0.396 e. The first-order valence-electron chi connectivity index (χ1n) is 2.21. The number of rotatable bonds is 2. The third-order valence-corrected chi connectivity index (χ3v) is 0.622. The average molecular weight is 87.1 g/mol. The van der Waals surface area contributed by atoms with Crippen LogP contribution in [-0.2, 0) is 0 Å². The van der Waals surface area contributed by atoms with Crippen molar-refractivity contribution in [1.29, 1.82) is 0 Å². The van der Waals surface area contributed by atoms with Gasteiger partial charge in [-0.05, 0) is 12.3 Å². The minimum absolute atomic E-state index is 0.269. The zero-order chi connectivity index (χ0) is 4.99. The lowest BCUT2D eigenvalue weighted by Crippen LogP contribution is -1.90. The third-order valence-electron chi connectivity index (χ3n) is 0.622. The molecule has 0 rings (SSSR count). The summed E-state index contributed by atoms with van der Waals surface area (Å²) in [4.78, 5) is 0. The lowest BCUT2D eigenvalue weighted by atomic mass is 10.2. The zero-order valence-electron chi connectivity index (χ0n) is 4.15. The molecule has 1 atom stereocenters. The van der Waals surface area contributed by atoms with Crippen LogP contribution >= 0.6 is 0 Å². The van der Waals surface area contributed by atoms with Crippen molar-refractivity contribution in [1.82, 2.24) is 0 Å². The summed E-state index contributed by atoms with van der Waals surface area (Å²) in [6.07, 6.45) is 0.819. The highest BCUT2D eigenvalue weighted by atomic mass is 16.2. The Morgan fingerprint density at radius 3 is 2.33 bits per heavy atom. The molecule has 0 heterocycles. The van der Waals surface area contributed by atoms with E-state index in [-0.39, 0.29) is 6.61 Å². The molecule has 0 aliphatic carbocycles. The lowest BCUT2D eigenvalue weighted by molar-refractivity contribution is 0.273. The van der Waals surface area contributed by atoms with E-state index >= 15 is 0 Å². The quantitative estimate of drug-likeness (QED) is 0.529. The molecule has 0 aromatic carbocycles. The molecule has 1 nitrogen and oxygen atoms in total. The van der Waals surface area contributed by atoms with Gasteiger partial charge < -0.3 is 5.11 Å². The van der Waals surface area contributed by atoms with Gasteiger partial charge >= 0.3 is 0 Å². The normalized spacial score (nSPS) is 10.0. The topological polar surface area (TPSA) is 20.2 Å². The van der Waals surface area contributed by atoms with Crippen molar-refractivity contribution < 1.29 is 5.11 Å². The minimum atomic E-state index is 0.269. The number of aliphatic hydroxyl groups excluding tert-OH is 1. The van der Waals surface area contributed by atoms with Gasteiger partial charge in [-0.2, -0.15) is 0 Å². The monoisotopic (exact) mass is 87.1 g/mol. The molecule has 0 unspecified atom stereocenters. The molecule has 0 aliphatic rings. The summed E-state index contributed by atoms with van der Waals surface area (Å²) >= 11 is 0. The van der Waals surface area contributed by atoms with Crippen molar-refractivity contribution >= 4 is 0 Å². The maximum atomic E-state index is 8.20. The first kappa shape index (κ1) is 5.96. The van der Waals surface area contributed by atoms with Gasteiger partial charge in [-0.25, -0.2) is 0 Å². The van der Waals surface area contributed by atoms with Crippen LogP contribution in [0.15, 0.2) is 0 Å². The predicted molar refractivity (Wildman–Crippen MR) is 26.2 cm³/mol. The molecule has 1 N–H and O–H groups in total. The molecule has 6 heavy (non-hydrogen) atoms. The number of hydrogen-bond donors (Lipinski definition) is 1. The van der Waals surface area contributed by atoms with Crippen molar-refractivity contribution in [3.63, 3.8) is 0 Å². The second-order valence-corrected chi connectivity index (χ2v) is 1.62. The Balaban J connectivity index is 2.63. The van der Waals surface area contributed by atoms with Crippen molar-refractivity contribution in [3.05, 3.63) is 6.92 Å². The Morgan fingerprint density at radius 2 is 2.33 bits per heavy atom. The fourth-order valence-electron chi connectivity index (χ4n) is 0.220. The summed E-state index contributed by atoms with van der Waals surface area (Å²) in [6.45, 7) is 5.92. The highest BCUT2D eigenvalue weighted by molar-refractivity contribution is 4.50. The summed E-state index contributed by atoms with van der Waals surface area (Å²) in [5, 5.41) is 8.20. The standard InChI is InChI=1S/C5H11O/c1-5(2)3-4-6/h5-6H,1,3-4H2,2H3/t5-/m1/s1. The Morgan fingerprint density at radius 1 is 1.83 bits per heavy atom. The van der Waals surface area contributed by atoms with Crippen LogP contribution < -0.4 is 0 Å². The van der Waals surface area contributed by atoms with Gasteiger partial charge in [0, 0.05) is 6.61 Å². The molecular formula is C5H11O. The van der Waals surface area contributed by atoms with Gasteiger partial charge in [-0.3, -0.25) is 0 Å². The van der Waals surface area contributed by atoms with E-state index in [0.717, 1.165) is 6.42 Å².